The zero-order valence-corrected chi connectivity index (χ0v) is 10.6. The van der Waals surface area contributed by atoms with Crippen LogP contribution in [0.15, 0.2) is 18.2 Å². The Morgan fingerprint density at radius 2 is 1.74 bits per heavy atom. The van der Waals surface area contributed by atoms with E-state index in [4.69, 9.17) is 19.7 Å². The zero-order chi connectivity index (χ0) is 14.3. The van der Waals surface area contributed by atoms with E-state index in [1.165, 1.54) is 6.07 Å². The van der Waals surface area contributed by atoms with Gasteiger partial charge in [-0.1, -0.05) is 19.4 Å². The van der Waals surface area contributed by atoms with Crippen LogP contribution in [0.3, 0.4) is 0 Å². The first-order valence-electron chi connectivity index (χ1n) is 5.85. The Labute approximate surface area is 110 Å². The van der Waals surface area contributed by atoms with Crippen LogP contribution in [0.2, 0.25) is 0 Å². The standard InChI is InChI=1S/C13H16O6/c1-2-3-9-4-5-10(18-7-12(14)15)6-11(9)19-8-13(16)17/h4-6H,2-3,7-8H2,1H3,(H,14,15)(H,16,17). The minimum Gasteiger partial charge on any atom is -0.482 e. The number of carboxylic acid groups (broad SMARTS) is 2. The van der Waals surface area contributed by atoms with Gasteiger partial charge in [0.25, 0.3) is 0 Å². The number of hydrogen-bond donors (Lipinski definition) is 2. The molecular formula is C13H16O6. The summed E-state index contributed by atoms with van der Waals surface area (Å²) < 4.78 is 10.2. The molecule has 0 atom stereocenters. The van der Waals surface area contributed by atoms with Gasteiger partial charge in [-0.2, -0.15) is 0 Å². The summed E-state index contributed by atoms with van der Waals surface area (Å²) in [5, 5.41) is 17.1. The Hall–Kier alpha value is -2.24. The van der Waals surface area contributed by atoms with Crippen LogP contribution in [0, 0.1) is 0 Å². The molecule has 0 unspecified atom stereocenters. The van der Waals surface area contributed by atoms with E-state index in [0.717, 1.165) is 18.4 Å². The van der Waals surface area contributed by atoms with Gasteiger partial charge in [-0.05, 0) is 18.1 Å². The molecule has 0 aliphatic carbocycles. The molecule has 1 aromatic rings. The molecule has 0 amide bonds. The highest BCUT2D eigenvalue weighted by atomic mass is 16.5. The Morgan fingerprint density at radius 3 is 2.32 bits per heavy atom. The van der Waals surface area contributed by atoms with Crippen LogP contribution in [0.1, 0.15) is 18.9 Å². The fourth-order valence-corrected chi connectivity index (χ4v) is 1.52. The van der Waals surface area contributed by atoms with E-state index in [1.54, 1.807) is 12.1 Å². The third kappa shape index (κ3) is 5.29. The summed E-state index contributed by atoms with van der Waals surface area (Å²) in [5.41, 5.74) is 0.867. The minimum atomic E-state index is -1.08. The second-order valence-corrected chi connectivity index (χ2v) is 3.88. The van der Waals surface area contributed by atoms with E-state index in [0.29, 0.717) is 11.5 Å². The lowest BCUT2D eigenvalue weighted by Crippen LogP contribution is -2.12. The first-order chi connectivity index (χ1) is 9.02. The van der Waals surface area contributed by atoms with E-state index >= 15 is 0 Å². The second-order valence-electron chi connectivity index (χ2n) is 3.88. The molecule has 2 N–H and O–H groups in total. The van der Waals surface area contributed by atoms with Gasteiger partial charge in [0.2, 0.25) is 0 Å². The van der Waals surface area contributed by atoms with Crippen LogP contribution in [0.4, 0.5) is 0 Å². The van der Waals surface area contributed by atoms with Gasteiger partial charge >= 0.3 is 11.9 Å². The molecule has 0 heterocycles. The van der Waals surface area contributed by atoms with Gasteiger partial charge < -0.3 is 19.7 Å². The fraction of sp³-hybridized carbons (Fsp3) is 0.385. The van der Waals surface area contributed by atoms with Crippen molar-refractivity contribution in [3.05, 3.63) is 23.8 Å². The highest BCUT2D eigenvalue weighted by molar-refractivity contribution is 5.69. The molecule has 6 heteroatoms. The van der Waals surface area contributed by atoms with E-state index in [9.17, 15) is 9.59 Å². The quantitative estimate of drug-likeness (QED) is 0.743. The smallest absolute Gasteiger partial charge is 0.341 e. The molecule has 0 aliphatic heterocycles. The molecular weight excluding hydrogens is 252 g/mol. The summed E-state index contributed by atoms with van der Waals surface area (Å²) >= 11 is 0. The number of carbonyl (C=O) groups is 2. The lowest BCUT2D eigenvalue weighted by molar-refractivity contribution is -0.140. The number of benzene rings is 1. The second kappa shape index (κ2) is 7.25. The molecule has 104 valence electrons. The van der Waals surface area contributed by atoms with E-state index in [2.05, 4.69) is 0 Å². The first kappa shape index (κ1) is 14.8. The highest BCUT2D eigenvalue weighted by Gasteiger charge is 2.08. The minimum absolute atomic E-state index is 0.336. The predicted octanol–water partition coefficient (Wildman–Crippen LogP) is 1.57. The number of hydrogen-bond acceptors (Lipinski definition) is 4. The van der Waals surface area contributed by atoms with E-state index in [-0.39, 0.29) is 0 Å². The summed E-state index contributed by atoms with van der Waals surface area (Å²) in [6, 6.07) is 4.90. The Balaban J connectivity index is 2.83. The topological polar surface area (TPSA) is 93.1 Å². The number of aliphatic carboxylic acids is 2. The van der Waals surface area contributed by atoms with Gasteiger partial charge in [0, 0.05) is 6.07 Å². The molecule has 0 saturated carbocycles. The van der Waals surface area contributed by atoms with Crippen LogP contribution >= 0.6 is 0 Å². The lowest BCUT2D eigenvalue weighted by atomic mass is 10.1. The average molecular weight is 268 g/mol. The molecule has 19 heavy (non-hydrogen) atoms. The van der Waals surface area contributed by atoms with Crippen molar-refractivity contribution >= 4 is 11.9 Å². The summed E-state index contributed by atoms with van der Waals surface area (Å²) in [5.74, 6) is -1.40. The van der Waals surface area contributed by atoms with Crippen LogP contribution in [0.5, 0.6) is 11.5 Å². The van der Waals surface area contributed by atoms with Crippen molar-refractivity contribution in [3.8, 4) is 11.5 Å². The fourth-order valence-electron chi connectivity index (χ4n) is 1.52. The van der Waals surface area contributed by atoms with Crippen LogP contribution < -0.4 is 9.47 Å². The highest BCUT2D eigenvalue weighted by Crippen LogP contribution is 2.26. The van der Waals surface area contributed by atoms with Gasteiger partial charge in [0.15, 0.2) is 13.2 Å². The van der Waals surface area contributed by atoms with E-state index < -0.39 is 25.2 Å². The Kier molecular flexibility index (Phi) is 5.66. The van der Waals surface area contributed by atoms with Gasteiger partial charge in [0.1, 0.15) is 11.5 Å². The van der Waals surface area contributed by atoms with Crippen molar-refractivity contribution in [1.29, 1.82) is 0 Å². The van der Waals surface area contributed by atoms with Crippen molar-refractivity contribution < 1.29 is 29.3 Å². The summed E-state index contributed by atoms with van der Waals surface area (Å²) in [6.07, 6.45) is 1.63. The molecule has 1 aromatic carbocycles. The monoisotopic (exact) mass is 268 g/mol. The number of rotatable bonds is 8. The van der Waals surface area contributed by atoms with Crippen LogP contribution in [0.25, 0.3) is 0 Å². The SMILES string of the molecule is CCCc1ccc(OCC(=O)O)cc1OCC(=O)O. The molecule has 0 radical (unpaired) electrons. The average Bonchev–Trinajstić information content (AvgIpc) is 2.36. The van der Waals surface area contributed by atoms with Crippen molar-refractivity contribution in [1.82, 2.24) is 0 Å². The molecule has 0 aliphatic rings. The Bertz CT molecular complexity index is 454. The van der Waals surface area contributed by atoms with Crippen molar-refractivity contribution in [2.24, 2.45) is 0 Å². The van der Waals surface area contributed by atoms with Crippen molar-refractivity contribution in [3.63, 3.8) is 0 Å². The van der Waals surface area contributed by atoms with Crippen molar-refractivity contribution in [2.75, 3.05) is 13.2 Å². The summed E-state index contributed by atoms with van der Waals surface area (Å²) in [6.45, 7) is 1.10. The largest absolute Gasteiger partial charge is 0.482 e. The molecule has 0 aromatic heterocycles. The third-order valence-corrected chi connectivity index (χ3v) is 2.27. The molecule has 0 saturated heterocycles. The summed E-state index contributed by atoms with van der Waals surface area (Å²) in [7, 11) is 0. The lowest BCUT2D eigenvalue weighted by Gasteiger charge is -2.11. The normalized spacial score (nSPS) is 9.95. The third-order valence-electron chi connectivity index (χ3n) is 2.27. The van der Waals surface area contributed by atoms with Crippen LogP contribution in [-0.4, -0.2) is 35.4 Å². The zero-order valence-electron chi connectivity index (χ0n) is 10.6. The Morgan fingerprint density at radius 1 is 1.11 bits per heavy atom. The predicted molar refractivity (Wildman–Crippen MR) is 66.7 cm³/mol. The van der Waals surface area contributed by atoms with Gasteiger partial charge in [0.05, 0.1) is 0 Å². The molecule has 0 fully saturated rings. The van der Waals surface area contributed by atoms with E-state index in [1.807, 2.05) is 6.92 Å². The molecule has 0 bridgehead atoms. The van der Waals surface area contributed by atoms with Gasteiger partial charge in [-0.25, -0.2) is 9.59 Å². The number of aryl methyl sites for hydroxylation is 1. The molecule has 6 nitrogen and oxygen atoms in total. The summed E-state index contributed by atoms with van der Waals surface area (Å²) in [4.78, 5) is 20.9. The molecule has 1 rings (SSSR count). The maximum atomic E-state index is 10.5. The van der Waals surface area contributed by atoms with Crippen molar-refractivity contribution in [2.45, 2.75) is 19.8 Å². The van der Waals surface area contributed by atoms with Crippen LogP contribution in [-0.2, 0) is 16.0 Å². The number of carboxylic acids is 2. The maximum absolute atomic E-state index is 10.5. The van der Waals surface area contributed by atoms with Gasteiger partial charge in [-0.3, -0.25) is 0 Å². The molecule has 0 spiro atoms. The first-order valence-corrected chi connectivity index (χ1v) is 5.85. The maximum Gasteiger partial charge on any atom is 0.341 e. The number of ether oxygens (including phenoxy) is 2. The van der Waals surface area contributed by atoms with Gasteiger partial charge in [-0.15, -0.1) is 0 Å².